The molecule has 1 aromatic heterocycles. The van der Waals surface area contributed by atoms with E-state index in [1.807, 2.05) is 12.1 Å². The number of hydrogen-bond acceptors (Lipinski definition) is 3. The fourth-order valence-electron chi connectivity index (χ4n) is 2.29. The number of carbonyl (C=O) groups excluding carboxylic acids is 2. The topological polar surface area (TPSA) is 48.3 Å². The summed E-state index contributed by atoms with van der Waals surface area (Å²) in [6.45, 7) is 5.18. The van der Waals surface area contributed by atoms with Crippen molar-refractivity contribution in [2.75, 3.05) is 6.61 Å². The van der Waals surface area contributed by atoms with Crippen molar-refractivity contribution in [2.24, 2.45) is 0 Å². The maximum Gasteiger partial charge on any atom is 0.356 e. The zero-order valence-electron chi connectivity index (χ0n) is 12.1. The molecular formula is C16H16ClNO3. The first-order chi connectivity index (χ1) is 9.95. The minimum Gasteiger partial charge on any atom is -0.461 e. The molecule has 4 nitrogen and oxygen atoms in total. The molecule has 0 aliphatic rings. The Labute approximate surface area is 128 Å². The summed E-state index contributed by atoms with van der Waals surface area (Å²) < 4.78 is 6.46. The van der Waals surface area contributed by atoms with E-state index in [1.165, 1.54) is 11.5 Å². The summed E-state index contributed by atoms with van der Waals surface area (Å²) in [4.78, 5) is 24.1. The molecule has 0 aliphatic heterocycles. The summed E-state index contributed by atoms with van der Waals surface area (Å²) in [6, 6.07) is 8.91. The standard InChI is InChI=1S/C16H16ClNO3/c1-4-21-16(20)15-14(9-10(2)18(15)11(3)19)12-5-7-13(17)8-6-12/h5-9H,4H2,1-3H3. The molecule has 2 rings (SSSR count). The predicted octanol–water partition coefficient (Wildman–Crippen LogP) is 3.95. The van der Waals surface area contributed by atoms with Crippen LogP contribution in [0.25, 0.3) is 11.1 Å². The number of benzene rings is 1. The Morgan fingerprint density at radius 1 is 1.24 bits per heavy atom. The van der Waals surface area contributed by atoms with Crippen LogP contribution >= 0.6 is 11.6 Å². The molecule has 110 valence electrons. The molecule has 0 unspecified atom stereocenters. The first-order valence-corrected chi connectivity index (χ1v) is 6.99. The molecular weight excluding hydrogens is 290 g/mol. The third kappa shape index (κ3) is 3.00. The highest BCUT2D eigenvalue weighted by Gasteiger charge is 2.23. The van der Waals surface area contributed by atoms with Gasteiger partial charge in [-0.1, -0.05) is 23.7 Å². The molecule has 0 saturated carbocycles. The van der Waals surface area contributed by atoms with Crippen LogP contribution in [-0.2, 0) is 4.74 Å². The molecule has 5 heteroatoms. The Kier molecular flexibility index (Phi) is 4.48. The lowest BCUT2D eigenvalue weighted by Gasteiger charge is -2.09. The van der Waals surface area contributed by atoms with E-state index in [1.54, 1.807) is 32.0 Å². The first-order valence-electron chi connectivity index (χ1n) is 6.62. The van der Waals surface area contributed by atoms with Crippen molar-refractivity contribution in [3.63, 3.8) is 0 Å². The van der Waals surface area contributed by atoms with Gasteiger partial charge >= 0.3 is 5.97 Å². The molecule has 2 aromatic rings. The highest BCUT2D eigenvalue weighted by Crippen LogP contribution is 2.29. The number of aryl methyl sites for hydroxylation is 1. The van der Waals surface area contributed by atoms with E-state index in [-0.39, 0.29) is 18.2 Å². The van der Waals surface area contributed by atoms with Crippen molar-refractivity contribution in [3.05, 3.63) is 46.7 Å². The molecule has 0 aliphatic carbocycles. The van der Waals surface area contributed by atoms with Crippen LogP contribution in [0, 0.1) is 6.92 Å². The number of nitrogens with zero attached hydrogens (tertiary/aromatic N) is 1. The summed E-state index contributed by atoms with van der Waals surface area (Å²) in [6.07, 6.45) is 0. The van der Waals surface area contributed by atoms with Gasteiger partial charge in [0.25, 0.3) is 0 Å². The second-order valence-corrected chi connectivity index (χ2v) is 5.07. The van der Waals surface area contributed by atoms with Crippen molar-refractivity contribution in [3.8, 4) is 11.1 Å². The number of halogens is 1. The maximum absolute atomic E-state index is 12.2. The van der Waals surface area contributed by atoms with Crippen molar-refractivity contribution in [1.29, 1.82) is 0 Å². The Hall–Kier alpha value is -2.07. The van der Waals surface area contributed by atoms with E-state index >= 15 is 0 Å². The number of esters is 1. The first kappa shape index (κ1) is 15.3. The molecule has 0 amide bonds. The highest BCUT2D eigenvalue weighted by molar-refractivity contribution is 6.30. The summed E-state index contributed by atoms with van der Waals surface area (Å²) >= 11 is 5.89. The second-order valence-electron chi connectivity index (χ2n) is 4.63. The maximum atomic E-state index is 12.2. The molecule has 0 fully saturated rings. The molecule has 0 saturated heterocycles. The Bertz CT molecular complexity index is 686. The van der Waals surface area contributed by atoms with E-state index in [0.717, 1.165) is 5.56 Å². The van der Waals surface area contributed by atoms with Crippen LogP contribution in [0.5, 0.6) is 0 Å². The van der Waals surface area contributed by atoms with Crippen LogP contribution in [0.3, 0.4) is 0 Å². The lowest BCUT2D eigenvalue weighted by atomic mass is 10.1. The highest BCUT2D eigenvalue weighted by atomic mass is 35.5. The Balaban J connectivity index is 2.65. The summed E-state index contributed by atoms with van der Waals surface area (Å²) in [5, 5.41) is 0.610. The Morgan fingerprint density at radius 3 is 2.38 bits per heavy atom. The Morgan fingerprint density at radius 2 is 1.86 bits per heavy atom. The summed E-state index contributed by atoms with van der Waals surface area (Å²) in [7, 11) is 0. The van der Waals surface area contributed by atoms with Crippen LogP contribution < -0.4 is 0 Å². The van der Waals surface area contributed by atoms with Gasteiger partial charge in [-0.15, -0.1) is 0 Å². The molecule has 21 heavy (non-hydrogen) atoms. The molecule has 1 aromatic carbocycles. The van der Waals surface area contributed by atoms with Gasteiger partial charge in [-0.3, -0.25) is 9.36 Å². The van der Waals surface area contributed by atoms with Gasteiger partial charge in [0.2, 0.25) is 5.91 Å². The van der Waals surface area contributed by atoms with Crippen LogP contribution in [-0.4, -0.2) is 23.1 Å². The van der Waals surface area contributed by atoms with Crippen LogP contribution in [0.1, 0.15) is 34.8 Å². The molecule has 0 radical (unpaired) electrons. The minimum absolute atomic E-state index is 0.226. The van der Waals surface area contributed by atoms with Gasteiger partial charge in [-0.2, -0.15) is 0 Å². The van der Waals surface area contributed by atoms with E-state index in [4.69, 9.17) is 16.3 Å². The van der Waals surface area contributed by atoms with Crippen LogP contribution in [0.4, 0.5) is 0 Å². The number of rotatable bonds is 3. The molecule has 1 heterocycles. The molecule has 0 spiro atoms. The number of aromatic nitrogens is 1. The zero-order chi connectivity index (χ0) is 15.6. The largest absolute Gasteiger partial charge is 0.461 e. The van der Waals surface area contributed by atoms with E-state index in [9.17, 15) is 9.59 Å². The molecule has 0 N–H and O–H groups in total. The fraction of sp³-hybridized carbons (Fsp3) is 0.250. The van der Waals surface area contributed by atoms with Gasteiger partial charge in [-0.05, 0) is 37.6 Å². The monoisotopic (exact) mass is 305 g/mol. The quantitative estimate of drug-likeness (QED) is 0.807. The zero-order valence-corrected chi connectivity index (χ0v) is 12.9. The van der Waals surface area contributed by atoms with E-state index in [0.29, 0.717) is 16.3 Å². The third-order valence-electron chi connectivity index (χ3n) is 3.12. The number of hydrogen-bond donors (Lipinski definition) is 0. The lowest BCUT2D eigenvalue weighted by molar-refractivity contribution is 0.0509. The van der Waals surface area contributed by atoms with Gasteiger partial charge < -0.3 is 4.74 Å². The van der Waals surface area contributed by atoms with Gasteiger partial charge in [0, 0.05) is 23.2 Å². The average Bonchev–Trinajstić information content (AvgIpc) is 2.77. The molecule has 0 atom stereocenters. The van der Waals surface area contributed by atoms with Crippen LogP contribution in [0.2, 0.25) is 5.02 Å². The van der Waals surface area contributed by atoms with Crippen LogP contribution in [0.15, 0.2) is 30.3 Å². The number of ether oxygens (including phenoxy) is 1. The van der Waals surface area contributed by atoms with Crippen molar-refractivity contribution in [2.45, 2.75) is 20.8 Å². The lowest BCUT2D eigenvalue weighted by Crippen LogP contribution is -2.18. The minimum atomic E-state index is -0.509. The van der Waals surface area contributed by atoms with Gasteiger partial charge in [0.1, 0.15) is 5.69 Å². The summed E-state index contributed by atoms with van der Waals surface area (Å²) in [5.41, 5.74) is 2.42. The third-order valence-corrected chi connectivity index (χ3v) is 3.38. The second kappa shape index (κ2) is 6.14. The number of carbonyl (C=O) groups is 2. The smallest absolute Gasteiger partial charge is 0.356 e. The summed E-state index contributed by atoms with van der Waals surface area (Å²) in [5.74, 6) is -0.735. The fourth-order valence-corrected chi connectivity index (χ4v) is 2.42. The van der Waals surface area contributed by atoms with E-state index < -0.39 is 5.97 Å². The van der Waals surface area contributed by atoms with Crippen molar-refractivity contribution in [1.82, 2.24) is 4.57 Å². The molecule has 0 bridgehead atoms. The average molecular weight is 306 g/mol. The SMILES string of the molecule is CCOC(=O)c1c(-c2ccc(Cl)cc2)cc(C)n1C(C)=O. The van der Waals surface area contributed by atoms with E-state index in [2.05, 4.69) is 0 Å². The normalized spacial score (nSPS) is 10.5. The van der Waals surface area contributed by atoms with Crippen molar-refractivity contribution >= 4 is 23.5 Å². The van der Waals surface area contributed by atoms with Crippen molar-refractivity contribution < 1.29 is 14.3 Å². The predicted molar refractivity (Wildman–Crippen MR) is 81.9 cm³/mol. The van der Waals surface area contributed by atoms with Gasteiger partial charge in [0.05, 0.1) is 6.61 Å². The van der Waals surface area contributed by atoms with Gasteiger partial charge in [0.15, 0.2) is 0 Å². The van der Waals surface area contributed by atoms with Gasteiger partial charge in [-0.25, -0.2) is 4.79 Å².